The fraction of sp³-hybridized carbons (Fsp3) is 0.429. The lowest BCUT2D eigenvalue weighted by Gasteiger charge is -2.30. The second-order valence-corrected chi connectivity index (χ2v) is 4.69. The lowest BCUT2D eigenvalue weighted by molar-refractivity contribution is -0.136. The maximum Gasteiger partial charge on any atom is 0.303 e. The van der Waals surface area contributed by atoms with Crippen LogP contribution in [0.25, 0.3) is 0 Å². The number of rotatable bonds is 5. The van der Waals surface area contributed by atoms with Crippen LogP contribution in [-0.2, 0) is 9.53 Å². The fourth-order valence-electron chi connectivity index (χ4n) is 2.19. The smallest absolute Gasteiger partial charge is 0.303 e. The van der Waals surface area contributed by atoms with Gasteiger partial charge in [0.15, 0.2) is 5.78 Å². The third-order valence-corrected chi connectivity index (χ3v) is 3.27. The summed E-state index contributed by atoms with van der Waals surface area (Å²) in [6.45, 7) is 2.88. The third kappa shape index (κ3) is 3.48. The molecule has 108 valence electrons. The predicted octanol–water partition coefficient (Wildman–Crippen LogP) is 1.15. The minimum absolute atomic E-state index is 0.00826. The first-order chi connectivity index (χ1) is 9.58. The summed E-state index contributed by atoms with van der Waals surface area (Å²) in [5.74, 6) is -1.18. The van der Waals surface area contributed by atoms with E-state index in [9.17, 15) is 9.59 Å². The molecule has 6 nitrogen and oxygen atoms in total. The van der Waals surface area contributed by atoms with E-state index in [0.29, 0.717) is 24.5 Å². The zero-order valence-electron chi connectivity index (χ0n) is 11.2. The molecule has 6 heteroatoms. The number of nitrogen functional groups attached to an aromatic ring is 1. The van der Waals surface area contributed by atoms with Crippen molar-refractivity contribution in [3.05, 3.63) is 23.8 Å². The number of ketones is 1. The Bertz CT molecular complexity index is 510. The summed E-state index contributed by atoms with van der Waals surface area (Å²) in [4.78, 5) is 24.4. The summed E-state index contributed by atoms with van der Waals surface area (Å²) in [7, 11) is 0. The predicted molar refractivity (Wildman–Crippen MR) is 75.1 cm³/mol. The molecule has 1 saturated heterocycles. The van der Waals surface area contributed by atoms with Crippen molar-refractivity contribution < 1.29 is 19.4 Å². The third-order valence-electron chi connectivity index (χ3n) is 3.27. The Kier molecular flexibility index (Phi) is 4.57. The van der Waals surface area contributed by atoms with Crippen molar-refractivity contribution in [2.24, 2.45) is 0 Å². The number of carbonyl (C=O) groups is 2. The molecule has 3 N–H and O–H groups in total. The second kappa shape index (κ2) is 6.38. The first-order valence-electron chi connectivity index (χ1n) is 6.55. The number of carbonyl (C=O) groups excluding carboxylic acids is 1. The number of hydrogen-bond acceptors (Lipinski definition) is 5. The first-order valence-corrected chi connectivity index (χ1v) is 6.55. The number of benzene rings is 1. The highest BCUT2D eigenvalue weighted by Crippen LogP contribution is 2.25. The van der Waals surface area contributed by atoms with Crippen LogP contribution in [0, 0.1) is 0 Å². The number of Topliss-reactive ketones (excluding diaryl/α,β-unsaturated/α-hetero) is 1. The zero-order valence-corrected chi connectivity index (χ0v) is 11.2. The van der Waals surface area contributed by atoms with E-state index < -0.39 is 5.97 Å². The summed E-state index contributed by atoms with van der Waals surface area (Å²) in [5, 5.41) is 8.58. The van der Waals surface area contributed by atoms with Crippen LogP contribution >= 0.6 is 0 Å². The van der Waals surface area contributed by atoms with E-state index in [2.05, 4.69) is 4.90 Å². The molecule has 0 atom stereocenters. The lowest BCUT2D eigenvalue weighted by Crippen LogP contribution is -2.36. The van der Waals surface area contributed by atoms with Crippen LogP contribution < -0.4 is 10.6 Å². The van der Waals surface area contributed by atoms with Gasteiger partial charge >= 0.3 is 5.97 Å². The van der Waals surface area contributed by atoms with E-state index in [1.165, 1.54) is 0 Å². The number of nitrogens with two attached hydrogens (primary N) is 1. The van der Waals surface area contributed by atoms with Crippen molar-refractivity contribution in [3.8, 4) is 0 Å². The summed E-state index contributed by atoms with van der Waals surface area (Å²) in [6.07, 6.45) is -0.171. The number of hydrogen-bond donors (Lipinski definition) is 2. The van der Waals surface area contributed by atoms with Crippen molar-refractivity contribution in [3.63, 3.8) is 0 Å². The van der Waals surface area contributed by atoms with E-state index in [1.54, 1.807) is 12.1 Å². The van der Waals surface area contributed by atoms with Crippen LogP contribution in [0.5, 0.6) is 0 Å². The molecule has 1 aliphatic heterocycles. The number of nitrogens with zero attached hydrogens (tertiary/aromatic N) is 1. The van der Waals surface area contributed by atoms with E-state index in [4.69, 9.17) is 15.6 Å². The van der Waals surface area contributed by atoms with Crippen molar-refractivity contribution in [2.75, 3.05) is 36.9 Å². The molecule has 1 aromatic rings. The molecular weight excluding hydrogens is 260 g/mol. The molecular formula is C14H18N2O4. The van der Waals surface area contributed by atoms with Gasteiger partial charge in [-0.25, -0.2) is 0 Å². The topological polar surface area (TPSA) is 92.9 Å². The second-order valence-electron chi connectivity index (χ2n) is 4.69. The molecule has 2 rings (SSSR count). The minimum atomic E-state index is -0.976. The summed E-state index contributed by atoms with van der Waals surface area (Å²) in [6, 6.07) is 5.13. The molecule has 1 fully saturated rings. The average Bonchev–Trinajstić information content (AvgIpc) is 2.45. The lowest BCUT2D eigenvalue weighted by atomic mass is 10.0. The highest BCUT2D eigenvalue weighted by Gasteiger charge is 2.15. The number of morpholine rings is 1. The number of ether oxygens (including phenoxy) is 1. The van der Waals surface area contributed by atoms with Gasteiger partial charge in [0.05, 0.1) is 31.0 Å². The van der Waals surface area contributed by atoms with Gasteiger partial charge in [-0.05, 0) is 18.2 Å². The summed E-state index contributed by atoms with van der Waals surface area (Å²) in [5.41, 5.74) is 7.88. The molecule has 1 aliphatic rings. The molecule has 0 bridgehead atoms. The van der Waals surface area contributed by atoms with Gasteiger partial charge in [-0.2, -0.15) is 0 Å². The molecule has 0 aliphatic carbocycles. The molecule has 0 spiro atoms. The van der Waals surface area contributed by atoms with Crippen LogP contribution in [-0.4, -0.2) is 43.2 Å². The number of aliphatic carboxylic acids is 1. The molecule has 0 unspecified atom stereocenters. The number of carboxylic acids is 1. The van der Waals surface area contributed by atoms with Gasteiger partial charge in [-0.3, -0.25) is 9.59 Å². The highest BCUT2D eigenvalue weighted by molar-refractivity contribution is 5.99. The highest BCUT2D eigenvalue weighted by atomic mass is 16.5. The van der Waals surface area contributed by atoms with Crippen molar-refractivity contribution in [1.82, 2.24) is 0 Å². The molecule has 0 radical (unpaired) electrons. The van der Waals surface area contributed by atoms with Gasteiger partial charge in [0.1, 0.15) is 0 Å². The Morgan fingerprint density at radius 2 is 1.95 bits per heavy atom. The van der Waals surface area contributed by atoms with Gasteiger partial charge in [-0.1, -0.05) is 0 Å². The number of anilines is 2. The standard InChI is InChI=1S/C14H18N2O4/c15-11-9-10(13(17)3-4-14(18)19)1-2-12(11)16-5-7-20-8-6-16/h1-2,9H,3-8,15H2,(H,18,19). The van der Waals surface area contributed by atoms with Gasteiger partial charge in [0.25, 0.3) is 0 Å². The number of carboxylic acid groups (broad SMARTS) is 1. The quantitative estimate of drug-likeness (QED) is 0.620. The van der Waals surface area contributed by atoms with Crippen LogP contribution in [0.1, 0.15) is 23.2 Å². The Hall–Kier alpha value is -2.08. The Labute approximate surface area is 117 Å². The van der Waals surface area contributed by atoms with Crippen LogP contribution in [0.3, 0.4) is 0 Å². The first kappa shape index (κ1) is 14.3. The monoisotopic (exact) mass is 278 g/mol. The van der Waals surface area contributed by atoms with E-state index in [0.717, 1.165) is 18.8 Å². The summed E-state index contributed by atoms with van der Waals surface area (Å²) >= 11 is 0. The van der Waals surface area contributed by atoms with Crippen LogP contribution in [0.2, 0.25) is 0 Å². The van der Waals surface area contributed by atoms with Crippen molar-refractivity contribution in [2.45, 2.75) is 12.8 Å². The van der Waals surface area contributed by atoms with Gasteiger partial charge in [0, 0.05) is 25.1 Å². The van der Waals surface area contributed by atoms with Crippen LogP contribution in [0.15, 0.2) is 18.2 Å². The Balaban J connectivity index is 2.08. The Morgan fingerprint density at radius 1 is 1.25 bits per heavy atom. The molecule has 0 saturated carbocycles. The molecule has 1 heterocycles. The molecule has 20 heavy (non-hydrogen) atoms. The average molecular weight is 278 g/mol. The normalized spacial score (nSPS) is 15.1. The summed E-state index contributed by atoms with van der Waals surface area (Å²) < 4.78 is 5.29. The molecule has 0 aromatic heterocycles. The van der Waals surface area contributed by atoms with E-state index in [1.807, 2.05) is 6.07 Å². The van der Waals surface area contributed by atoms with E-state index in [-0.39, 0.29) is 18.6 Å². The molecule has 0 amide bonds. The largest absolute Gasteiger partial charge is 0.481 e. The Morgan fingerprint density at radius 3 is 2.55 bits per heavy atom. The van der Waals surface area contributed by atoms with Crippen molar-refractivity contribution >= 4 is 23.1 Å². The maximum absolute atomic E-state index is 11.8. The van der Waals surface area contributed by atoms with Gasteiger partial charge in [0.2, 0.25) is 0 Å². The maximum atomic E-state index is 11.8. The zero-order chi connectivity index (χ0) is 14.5. The van der Waals surface area contributed by atoms with Crippen LogP contribution in [0.4, 0.5) is 11.4 Å². The molecule has 1 aromatic carbocycles. The SMILES string of the molecule is Nc1cc(C(=O)CCC(=O)O)ccc1N1CCOCC1. The fourth-order valence-corrected chi connectivity index (χ4v) is 2.19. The van der Waals surface area contributed by atoms with E-state index >= 15 is 0 Å². The minimum Gasteiger partial charge on any atom is -0.481 e. The van der Waals surface area contributed by atoms with Gasteiger partial charge in [-0.15, -0.1) is 0 Å². The van der Waals surface area contributed by atoms with Gasteiger partial charge < -0.3 is 20.5 Å². The van der Waals surface area contributed by atoms with Crippen molar-refractivity contribution in [1.29, 1.82) is 0 Å².